The first-order valence-electron chi connectivity index (χ1n) is 14.3. The highest BCUT2D eigenvalue weighted by molar-refractivity contribution is 7.81. The van der Waals surface area contributed by atoms with E-state index >= 15 is 0 Å². The Morgan fingerprint density at radius 3 is 2.13 bits per heavy atom. The van der Waals surface area contributed by atoms with Crippen LogP contribution in [0.1, 0.15) is 28.5 Å². The first kappa shape index (κ1) is 36.4. The lowest BCUT2D eigenvalue weighted by Gasteiger charge is -2.18. The third kappa shape index (κ3) is 10.8. The van der Waals surface area contributed by atoms with E-state index in [4.69, 9.17) is 16.3 Å². The predicted molar refractivity (Wildman–Crippen MR) is 179 cm³/mol. The minimum Gasteiger partial charge on any atom is -0.481 e. The molecule has 47 heavy (non-hydrogen) atoms. The van der Waals surface area contributed by atoms with Gasteiger partial charge < -0.3 is 31.1 Å². The van der Waals surface area contributed by atoms with Crippen LogP contribution in [0.25, 0.3) is 10.9 Å². The quantitative estimate of drug-likeness (QED) is 0.0800. The van der Waals surface area contributed by atoms with Gasteiger partial charge in [0.15, 0.2) is 6.23 Å². The number of nitrogens with one attached hydrogen (secondary N) is 4. The van der Waals surface area contributed by atoms with Gasteiger partial charge in [0, 0.05) is 21.7 Å². The van der Waals surface area contributed by atoms with E-state index in [0.29, 0.717) is 32.7 Å². The Labute approximate surface area is 280 Å². The van der Waals surface area contributed by atoms with E-state index in [0.717, 1.165) is 0 Å². The van der Waals surface area contributed by atoms with Crippen LogP contribution in [0.3, 0.4) is 0 Å². The number of amides is 4. The van der Waals surface area contributed by atoms with Crippen molar-refractivity contribution in [3.05, 3.63) is 88.6 Å². The van der Waals surface area contributed by atoms with Crippen molar-refractivity contribution < 1.29 is 38.6 Å². The molecule has 0 bridgehead atoms. The molecule has 0 aliphatic carbocycles. The third-order valence-corrected chi connectivity index (χ3v) is 7.11. The zero-order valence-corrected chi connectivity index (χ0v) is 27.2. The summed E-state index contributed by atoms with van der Waals surface area (Å²) in [4.78, 5) is 73.0. The summed E-state index contributed by atoms with van der Waals surface area (Å²) in [6.07, 6.45) is 5.32. The molecule has 0 radical (unpaired) electrons. The fraction of sp³-hybridized carbons (Fsp3) is 0.250. The second kappa shape index (κ2) is 17.6. The maximum atomic E-state index is 13.5. The van der Waals surface area contributed by atoms with Crippen molar-refractivity contribution in [2.24, 2.45) is 0 Å². The Bertz CT molecular complexity index is 1720. The van der Waals surface area contributed by atoms with Gasteiger partial charge in [-0.15, -0.1) is 0 Å². The smallest absolute Gasteiger partial charge is 0.307 e. The van der Waals surface area contributed by atoms with Gasteiger partial charge in [-0.3, -0.25) is 33.3 Å². The van der Waals surface area contributed by atoms with E-state index in [1.807, 2.05) is 0 Å². The summed E-state index contributed by atoms with van der Waals surface area (Å²) < 4.78 is 7.47. The van der Waals surface area contributed by atoms with Crippen LogP contribution in [-0.2, 0) is 30.4 Å². The van der Waals surface area contributed by atoms with Crippen molar-refractivity contribution in [3.8, 4) is 5.75 Å². The Hall–Kier alpha value is -5.08. The number of hydrogen-bond donors (Lipinski definition) is 6. The van der Waals surface area contributed by atoms with E-state index in [9.17, 15) is 33.9 Å². The molecule has 1 unspecified atom stereocenters. The van der Waals surface area contributed by atoms with Crippen molar-refractivity contribution >= 4 is 70.6 Å². The number of aliphatic carboxylic acids is 1. The number of aromatic nitrogens is 1. The van der Waals surface area contributed by atoms with E-state index in [-0.39, 0.29) is 30.4 Å². The maximum Gasteiger partial charge on any atom is 0.307 e. The first-order chi connectivity index (χ1) is 22.4. The molecule has 0 aliphatic heterocycles. The molecule has 0 aliphatic rings. The van der Waals surface area contributed by atoms with Crippen LogP contribution in [0.15, 0.2) is 66.8 Å². The number of carbonyl (C=O) groups is 6. The number of benzene rings is 2. The summed E-state index contributed by atoms with van der Waals surface area (Å²) in [5.74, 6) is -3.54. The number of fused-ring (bicyclic) bond motifs is 1. The summed E-state index contributed by atoms with van der Waals surface area (Å²) in [5.41, 5.74) is 1.70. The number of hydrogen-bond acceptors (Lipinski definition) is 8. The number of thiol groups is 1. The van der Waals surface area contributed by atoms with Crippen LogP contribution < -0.4 is 26.0 Å². The molecule has 1 aromatic heterocycles. The number of carboxylic acid groups (broad SMARTS) is 1. The number of halogens is 1. The van der Waals surface area contributed by atoms with Crippen LogP contribution in [0.4, 0.5) is 0 Å². The summed E-state index contributed by atoms with van der Waals surface area (Å²) in [5, 5.41) is 20.2. The molecule has 0 saturated heterocycles. The van der Waals surface area contributed by atoms with Gasteiger partial charge in [0.2, 0.25) is 23.6 Å². The average Bonchev–Trinajstić information content (AvgIpc) is 3.31. The molecule has 3 aromatic rings. The molecule has 4 amide bonds. The molecular formula is C32H34ClN5O8S. The summed E-state index contributed by atoms with van der Waals surface area (Å²) in [6.45, 7) is 2.30. The van der Waals surface area contributed by atoms with Crippen LogP contribution in [-0.4, -0.2) is 76.8 Å². The highest BCUT2D eigenvalue weighted by atomic mass is 35.5. The topological polar surface area (TPSA) is 185 Å². The zero-order valence-electron chi connectivity index (χ0n) is 25.5. The van der Waals surface area contributed by atoms with Gasteiger partial charge in [-0.25, -0.2) is 0 Å². The number of carbonyl (C=O) groups excluding carboxylic acids is 5. The van der Waals surface area contributed by atoms with E-state index in [2.05, 4.69) is 33.9 Å². The molecule has 0 saturated carbocycles. The average molecular weight is 684 g/mol. The van der Waals surface area contributed by atoms with Crippen LogP contribution >= 0.6 is 24.2 Å². The SMILES string of the molecule is C/C=C/C=C/C(NC(=O)CNC(=O)CNC(=O)CNC(=O)CS)Oc1ccc2c(c1)c(CC(=O)O)c(C)n2C(=O)c1ccc(Cl)cc1. The second-order valence-electron chi connectivity index (χ2n) is 9.97. The van der Waals surface area contributed by atoms with Crippen LogP contribution in [0.2, 0.25) is 5.02 Å². The van der Waals surface area contributed by atoms with E-state index < -0.39 is 48.9 Å². The highest BCUT2D eigenvalue weighted by Crippen LogP contribution is 2.31. The summed E-state index contributed by atoms with van der Waals surface area (Å²) >= 11 is 9.76. The minimum absolute atomic E-state index is 0.0861. The lowest BCUT2D eigenvalue weighted by Crippen LogP contribution is -2.46. The van der Waals surface area contributed by atoms with Crippen LogP contribution in [0.5, 0.6) is 5.75 Å². The van der Waals surface area contributed by atoms with Gasteiger partial charge in [-0.05, 0) is 68.0 Å². The molecule has 15 heteroatoms. The third-order valence-electron chi connectivity index (χ3n) is 6.57. The minimum atomic E-state index is -1.08. The number of nitrogens with zero attached hydrogens (tertiary/aromatic N) is 1. The standard InChI is InChI=1S/C32H34ClN5O8S/c1-3-4-5-6-30(37-28(41)17-35-26(39)15-34-27(40)16-36-29(42)18-47)46-22-11-12-25-24(13-22)23(14-31(43)44)19(2)38(25)32(45)20-7-9-21(33)10-8-20/h3-13,30,47H,14-18H2,1-2H3,(H,34,40)(H,35,39)(H,36,42)(H,37,41)(H,43,44)/b4-3+,6-5+. The maximum absolute atomic E-state index is 13.5. The molecule has 3 rings (SSSR count). The zero-order chi connectivity index (χ0) is 34.5. The molecule has 1 atom stereocenters. The van der Waals surface area contributed by atoms with Gasteiger partial charge in [-0.1, -0.05) is 29.8 Å². The molecule has 0 fully saturated rings. The predicted octanol–water partition coefficient (Wildman–Crippen LogP) is 2.15. The summed E-state index contributed by atoms with van der Waals surface area (Å²) in [7, 11) is 0. The molecule has 13 nitrogen and oxygen atoms in total. The van der Waals surface area contributed by atoms with Crippen LogP contribution in [0, 0.1) is 6.92 Å². The first-order valence-corrected chi connectivity index (χ1v) is 15.3. The van der Waals surface area contributed by atoms with Crippen molar-refractivity contribution in [2.45, 2.75) is 26.5 Å². The van der Waals surface area contributed by atoms with Gasteiger partial charge in [-0.2, -0.15) is 12.6 Å². The molecule has 1 heterocycles. The molecule has 5 N–H and O–H groups in total. The van der Waals surface area contributed by atoms with Gasteiger partial charge in [0.05, 0.1) is 37.3 Å². The number of carboxylic acids is 1. The Balaban J connectivity index is 1.76. The van der Waals surface area contributed by atoms with E-state index in [1.54, 1.807) is 80.6 Å². The molecule has 0 spiro atoms. The second-order valence-corrected chi connectivity index (χ2v) is 10.7. The van der Waals surface area contributed by atoms with Gasteiger partial charge in [0.1, 0.15) is 5.75 Å². The fourth-order valence-corrected chi connectivity index (χ4v) is 4.60. The van der Waals surface area contributed by atoms with Crippen molar-refractivity contribution in [1.82, 2.24) is 25.8 Å². The number of rotatable bonds is 15. The fourth-order valence-electron chi connectivity index (χ4n) is 4.36. The molecule has 248 valence electrons. The van der Waals surface area contributed by atoms with Crippen molar-refractivity contribution in [3.63, 3.8) is 0 Å². The van der Waals surface area contributed by atoms with Crippen molar-refractivity contribution in [1.29, 1.82) is 0 Å². The Kier molecular flexibility index (Phi) is 13.6. The molecular weight excluding hydrogens is 650 g/mol. The summed E-state index contributed by atoms with van der Waals surface area (Å²) in [6, 6.07) is 11.2. The lowest BCUT2D eigenvalue weighted by atomic mass is 10.1. The van der Waals surface area contributed by atoms with E-state index in [1.165, 1.54) is 4.57 Å². The normalized spacial score (nSPS) is 11.7. The molecule has 2 aromatic carbocycles. The monoisotopic (exact) mass is 683 g/mol. The Morgan fingerprint density at radius 2 is 1.53 bits per heavy atom. The number of allylic oxidation sites excluding steroid dienone is 3. The Morgan fingerprint density at radius 1 is 0.915 bits per heavy atom. The van der Waals surface area contributed by atoms with Crippen molar-refractivity contribution in [2.75, 3.05) is 25.4 Å². The van der Waals surface area contributed by atoms with Gasteiger partial charge in [0.25, 0.3) is 5.91 Å². The van der Waals surface area contributed by atoms with Gasteiger partial charge >= 0.3 is 5.97 Å². The highest BCUT2D eigenvalue weighted by Gasteiger charge is 2.22. The largest absolute Gasteiger partial charge is 0.481 e. The lowest BCUT2D eigenvalue weighted by molar-refractivity contribution is -0.136. The number of ether oxygens (including phenoxy) is 1.